The molecular weight excluding hydrogens is 182 g/mol. The minimum Gasteiger partial charge on any atom is -0.481 e. The van der Waals surface area contributed by atoms with E-state index in [4.69, 9.17) is 5.11 Å². The van der Waals surface area contributed by atoms with Crippen LogP contribution in [-0.2, 0) is 9.59 Å². The molecule has 1 unspecified atom stereocenters. The molecular formula is C10H15NO3. The fourth-order valence-electron chi connectivity index (χ4n) is 2.73. The Balaban J connectivity index is 2.16. The van der Waals surface area contributed by atoms with Gasteiger partial charge in [0.05, 0.1) is 5.92 Å². The maximum Gasteiger partial charge on any atom is 0.308 e. The number of rotatable bonds is 1. The van der Waals surface area contributed by atoms with Crippen molar-refractivity contribution in [1.82, 2.24) is 4.90 Å². The summed E-state index contributed by atoms with van der Waals surface area (Å²) in [5.74, 6) is -1.09. The van der Waals surface area contributed by atoms with Gasteiger partial charge in [-0.1, -0.05) is 0 Å². The highest BCUT2D eigenvalue weighted by atomic mass is 16.4. The van der Waals surface area contributed by atoms with Crippen LogP contribution in [0.3, 0.4) is 0 Å². The van der Waals surface area contributed by atoms with Crippen molar-refractivity contribution in [2.24, 2.45) is 5.92 Å². The van der Waals surface area contributed by atoms with Crippen LogP contribution in [0.25, 0.3) is 0 Å². The average molecular weight is 197 g/mol. The molecule has 0 aromatic carbocycles. The van der Waals surface area contributed by atoms with Gasteiger partial charge < -0.3 is 10.0 Å². The molecule has 1 atom stereocenters. The van der Waals surface area contributed by atoms with Crippen LogP contribution in [0.4, 0.5) is 0 Å². The molecule has 2 aliphatic rings. The van der Waals surface area contributed by atoms with Crippen LogP contribution in [0.2, 0.25) is 0 Å². The summed E-state index contributed by atoms with van der Waals surface area (Å²) < 4.78 is 0. The molecule has 1 spiro atoms. The molecule has 78 valence electrons. The number of carbonyl (C=O) groups excluding carboxylic acids is 1. The van der Waals surface area contributed by atoms with Crippen LogP contribution in [0.15, 0.2) is 0 Å². The molecule has 1 N–H and O–H groups in total. The fourth-order valence-corrected chi connectivity index (χ4v) is 2.73. The highest BCUT2D eigenvalue weighted by Gasteiger charge is 2.52. The number of amides is 1. The van der Waals surface area contributed by atoms with Gasteiger partial charge in [0.25, 0.3) is 0 Å². The van der Waals surface area contributed by atoms with E-state index in [0.717, 1.165) is 19.3 Å². The van der Waals surface area contributed by atoms with E-state index in [1.165, 1.54) is 6.92 Å². The monoisotopic (exact) mass is 197 g/mol. The summed E-state index contributed by atoms with van der Waals surface area (Å²) in [7, 11) is 0. The molecule has 2 rings (SSSR count). The quantitative estimate of drug-likeness (QED) is 0.678. The van der Waals surface area contributed by atoms with Crippen molar-refractivity contribution in [3.63, 3.8) is 0 Å². The molecule has 0 bridgehead atoms. The van der Waals surface area contributed by atoms with Crippen LogP contribution < -0.4 is 0 Å². The molecule has 4 nitrogen and oxygen atoms in total. The Hall–Kier alpha value is -1.06. The summed E-state index contributed by atoms with van der Waals surface area (Å²) in [6, 6.07) is 0. The maximum atomic E-state index is 11.4. The Kier molecular flexibility index (Phi) is 2.01. The van der Waals surface area contributed by atoms with E-state index in [2.05, 4.69) is 0 Å². The topological polar surface area (TPSA) is 57.6 Å². The number of aliphatic carboxylic acids is 1. The lowest BCUT2D eigenvalue weighted by Crippen LogP contribution is -2.51. The SMILES string of the molecule is CC(=O)N1CC(C(=O)O)CC12CCC2. The van der Waals surface area contributed by atoms with E-state index in [1.807, 2.05) is 0 Å². The van der Waals surface area contributed by atoms with Crippen molar-refractivity contribution in [1.29, 1.82) is 0 Å². The van der Waals surface area contributed by atoms with Crippen LogP contribution in [0, 0.1) is 5.92 Å². The first kappa shape index (κ1) is 9.49. The zero-order valence-electron chi connectivity index (χ0n) is 8.32. The second-order valence-electron chi connectivity index (χ2n) is 4.45. The van der Waals surface area contributed by atoms with Crippen molar-refractivity contribution in [3.05, 3.63) is 0 Å². The predicted molar refractivity (Wildman–Crippen MR) is 49.7 cm³/mol. The van der Waals surface area contributed by atoms with Crippen molar-refractivity contribution in [2.45, 2.75) is 38.1 Å². The Bertz CT molecular complexity index is 283. The number of carbonyl (C=O) groups is 2. The van der Waals surface area contributed by atoms with E-state index < -0.39 is 5.97 Å². The van der Waals surface area contributed by atoms with Crippen molar-refractivity contribution in [2.75, 3.05) is 6.54 Å². The van der Waals surface area contributed by atoms with Crippen LogP contribution >= 0.6 is 0 Å². The van der Waals surface area contributed by atoms with Gasteiger partial charge in [0.1, 0.15) is 0 Å². The number of likely N-dealkylation sites (tertiary alicyclic amines) is 1. The number of hydrogen-bond acceptors (Lipinski definition) is 2. The van der Waals surface area contributed by atoms with E-state index >= 15 is 0 Å². The summed E-state index contributed by atoms with van der Waals surface area (Å²) in [5.41, 5.74) is -0.0884. The molecule has 1 aliphatic heterocycles. The third-order valence-electron chi connectivity index (χ3n) is 3.62. The Labute approximate surface area is 82.9 Å². The summed E-state index contributed by atoms with van der Waals surface area (Å²) in [6.45, 7) is 1.94. The molecule has 1 aliphatic carbocycles. The lowest BCUT2D eigenvalue weighted by atomic mass is 9.73. The van der Waals surface area contributed by atoms with Gasteiger partial charge in [-0.15, -0.1) is 0 Å². The van der Waals surface area contributed by atoms with Gasteiger partial charge in [-0.05, 0) is 25.7 Å². The Morgan fingerprint density at radius 2 is 2.07 bits per heavy atom. The van der Waals surface area contributed by atoms with Crippen LogP contribution in [0.1, 0.15) is 32.6 Å². The molecule has 0 radical (unpaired) electrons. The summed E-state index contributed by atoms with van der Waals surface area (Å²) >= 11 is 0. The van der Waals surface area contributed by atoms with E-state index in [-0.39, 0.29) is 17.4 Å². The summed E-state index contributed by atoms with van der Waals surface area (Å²) in [6.07, 6.45) is 3.74. The fraction of sp³-hybridized carbons (Fsp3) is 0.800. The highest BCUT2D eigenvalue weighted by molar-refractivity contribution is 5.78. The summed E-state index contributed by atoms with van der Waals surface area (Å²) in [5, 5.41) is 8.93. The summed E-state index contributed by atoms with van der Waals surface area (Å²) in [4.78, 5) is 24.0. The molecule has 1 amide bonds. The normalized spacial score (nSPS) is 28.9. The molecule has 4 heteroatoms. The van der Waals surface area contributed by atoms with E-state index in [0.29, 0.717) is 13.0 Å². The molecule has 0 aromatic heterocycles. The lowest BCUT2D eigenvalue weighted by Gasteiger charge is -2.45. The maximum absolute atomic E-state index is 11.4. The lowest BCUT2D eigenvalue weighted by molar-refractivity contribution is -0.141. The molecule has 2 fully saturated rings. The minimum absolute atomic E-state index is 0.0217. The molecule has 1 saturated heterocycles. The third-order valence-corrected chi connectivity index (χ3v) is 3.62. The Morgan fingerprint density at radius 3 is 2.36 bits per heavy atom. The first-order valence-electron chi connectivity index (χ1n) is 5.06. The molecule has 1 saturated carbocycles. The van der Waals surface area contributed by atoms with Gasteiger partial charge in [0, 0.05) is 19.0 Å². The first-order chi connectivity index (χ1) is 6.55. The zero-order chi connectivity index (χ0) is 10.3. The van der Waals surface area contributed by atoms with Gasteiger partial charge in [-0.3, -0.25) is 9.59 Å². The number of nitrogens with zero attached hydrogens (tertiary/aromatic N) is 1. The zero-order valence-corrected chi connectivity index (χ0v) is 8.32. The Morgan fingerprint density at radius 1 is 1.43 bits per heavy atom. The minimum atomic E-state index is -0.764. The first-order valence-corrected chi connectivity index (χ1v) is 5.06. The van der Waals surface area contributed by atoms with Crippen LogP contribution in [0.5, 0.6) is 0 Å². The van der Waals surface area contributed by atoms with Crippen molar-refractivity contribution >= 4 is 11.9 Å². The predicted octanol–water partition coefficient (Wildman–Crippen LogP) is 0.862. The second kappa shape index (κ2) is 2.97. The van der Waals surface area contributed by atoms with Gasteiger partial charge in [0.15, 0.2) is 0 Å². The van der Waals surface area contributed by atoms with E-state index in [9.17, 15) is 9.59 Å². The largest absolute Gasteiger partial charge is 0.481 e. The standard InChI is InChI=1S/C10H15NO3/c1-7(12)11-6-8(9(13)14)5-10(11)3-2-4-10/h8H,2-6H2,1H3,(H,13,14). The van der Waals surface area contributed by atoms with Gasteiger partial charge >= 0.3 is 5.97 Å². The van der Waals surface area contributed by atoms with Gasteiger partial charge in [-0.2, -0.15) is 0 Å². The number of carboxylic acid groups (broad SMARTS) is 1. The van der Waals surface area contributed by atoms with E-state index in [1.54, 1.807) is 4.90 Å². The van der Waals surface area contributed by atoms with Crippen molar-refractivity contribution < 1.29 is 14.7 Å². The van der Waals surface area contributed by atoms with Gasteiger partial charge in [-0.25, -0.2) is 0 Å². The van der Waals surface area contributed by atoms with Gasteiger partial charge in [0.2, 0.25) is 5.91 Å². The number of carboxylic acids is 1. The molecule has 0 aromatic rings. The van der Waals surface area contributed by atoms with Crippen LogP contribution in [-0.4, -0.2) is 34.0 Å². The van der Waals surface area contributed by atoms with Crippen molar-refractivity contribution in [3.8, 4) is 0 Å². The highest BCUT2D eigenvalue weighted by Crippen LogP contribution is 2.47. The molecule has 14 heavy (non-hydrogen) atoms. The smallest absolute Gasteiger partial charge is 0.308 e. The average Bonchev–Trinajstić information content (AvgIpc) is 2.42. The third kappa shape index (κ3) is 1.21. The second-order valence-corrected chi connectivity index (χ2v) is 4.45. The number of hydrogen-bond donors (Lipinski definition) is 1. The molecule has 1 heterocycles.